The summed E-state index contributed by atoms with van der Waals surface area (Å²) in [6, 6.07) is 16.8. The first-order chi connectivity index (χ1) is 12.1. The van der Waals surface area contributed by atoms with E-state index < -0.39 is 0 Å². The van der Waals surface area contributed by atoms with E-state index in [9.17, 15) is 4.79 Å². The topological polar surface area (TPSA) is 32.3 Å². The van der Waals surface area contributed by atoms with E-state index in [2.05, 4.69) is 81.6 Å². The molecule has 0 bridgehead atoms. The second kappa shape index (κ2) is 8.63. The molecule has 1 aliphatic heterocycles. The lowest BCUT2D eigenvalue weighted by Gasteiger charge is -2.31. The first kappa shape index (κ1) is 18.2. The summed E-state index contributed by atoms with van der Waals surface area (Å²) in [7, 11) is 0. The fourth-order valence-corrected chi connectivity index (χ4v) is 3.51. The number of nitrogens with zero attached hydrogens (tertiary/aromatic N) is 1. The summed E-state index contributed by atoms with van der Waals surface area (Å²) < 4.78 is 1.11. The molecule has 4 heteroatoms. The summed E-state index contributed by atoms with van der Waals surface area (Å²) in [5, 5.41) is 3.10. The number of carbonyl (C=O) groups excluding carboxylic acids is 1. The van der Waals surface area contributed by atoms with Gasteiger partial charge in [0.15, 0.2) is 0 Å². The molecule has 1 heterocycles. The molecule has 0 saturated carbocycles. The summed E-state index contributed by atoms with van der Waals surface area (Å²) >= 11 is 3.47. The number of likely N-dealkylation sites (tertiary alicyclic amines) is 1. The molecule has 0 radical (unpaired) electrons. The lowest BCUT2D eigenvalue weighted by atomic mass is 9.95. The molecule has 3 rings (SSSR count). The van der Waals surface area contributed by atoms with Gasteiger partial charge >= 0.3 is 0 Å². The normalized spacial score (nSPS) is 15.9. The minimum absolute atomic E-state index is 0.145. The molecule has 1 aliphatic rings. The number of rotatable bonds is 5. The van der Waals surface area contributed by atoms with Crippen molar-refractivity contribution in [3.05, 3.63) is 69.7 Å². The highest BCUT2D eigenvalue weighted by Crippen LogP contribution is 2.20. The van der Waals surface area contributed by atoms with Crippen molar-refractivity contribution < 1.29 is 4.79 Å². The quantitative estimate of drug-likeness (QED) is 0.811. The van der Waals surface area contributed by atoms with Gasteiger partial charge in [0.05, 0.1) is 0 Å². The summed E-state index contributed by atoms with van der Waals surface area (Å²) in [5.41, 5.74) is 3.73. The molecule has 1 fully saturated rings. The van der Waals surface area contributed by atoms with E-state index in [-0.39, 0.29) is 11.8 Å². The number of hydrogen-bond acceptors (Lipinski definition) is 2. The molecule has 25 heavy (non-hydrogen) atoms. The number of nitrogens with one attached hydrogen (secondary N) is 1. The van der Waals surface area contributed by atoms with Gasteiger partial charge < -0.3 is 5.32 Å². The van der Waals surface area contributed by atoms with Gasteiger partial charge in [-0.3, -0.25) is 9.69 Å². The SMILES string of the molecule is Cc1ccc(CNC(=O)C2CCN(Cc3ccc(Br)cc3)CC2)cc1. The fraction of sp³-hybridized carbons (Fsp3) is 0.381. The van der Waals surface area contributed by atoms with Crippen molar-refractivity contribution in [1.29, 1.82) is 0 Å². The molecule has 0 atom stereocenters. The molecule has 132 valence electrons. The molecule has 0 aromatic heterocycles. The molecule has 3 nitrogen and oxygen atoms in total. The molecule has 0 aliphatic carbocycles. The maximum Gasteiger partial charge on any atom is 0.223 e. The number of amides is 1. The van der Waals surface area contributed by atoms with Gasteiger partial charge in [0.1, 0.15) is 0 Å². The second-order valence-electron chi connectivity index (χ2n) is 6.88. The van der Waals surface area contributed by atoms with Gasteiger partial charge in [-0.15, -0.1) is 0 Å². The van der Waals surface area contributed by atoms with Gasteiger partial charge in [-0.2, -0.15) is 0 Å². The number of hydrogen-bond donors (Lipinski definition) is 1. The van der Waals surface area contributed by atoms with Gasteiger partial charge in [0.25, 0.3) is 0 Å². The summed E-state index contributed by atoms with van der Waals surface area (Å²) in [5.74, 6) is 0.343. The largest absolute Gasteiger partial charge is 0.352 e. The highest BCUT2D eigenvalue weighted by molar-refractivity contribution is 9.10. The van der Waals surface area contributed by atoms with Crippen LogP contribution in [-0.4, -0.2) is 23.9 Å². The zero-order valence-corrected chi connectivity index (χ0v) is 16.3. The van der Waals surface area contributed by atoms with Crippen LogP contribution in [0.5, 0.6) is 0 Å². The van der Waals surface area contributed by atoms with Crippen molar-refractivity contribution in [2.75, 3.05) is 13.1 Å². The minimum atomic E-state index is 0.145. The maximum atomic E-state index is 12.4. The Bertz CT molecular complexity index is 689. The zero-order valence-electron chi connectivity index (χ0n) is 14.7. The highest BCUT2D eigenvalue weighted by atomic mass is 79.9. The summed E-state index contributed by atoms with van der Waals surface area (Å²) in [4.78, 5) is 14.8. The van der Waals surface area contributed by atoms with Gasteiger partial charge in [-0.25, -0.2) is 0 Å². The molecule has 0 spiro atoms. The second-order valence-corrected chi connectivity index (χ2v) is 7.80. The third-order valence-electron chi connectivity index (χ3n) is 4.87. The summed E-state index contributed by atoms with van der Waals surface area (Å²) in [6.45, 7) is 5.63. The predicted molar refractivity (Wildman–Crippen MR) is 105 cm³/mol. The third-order valence-corrected chi connectivity index (χ3v) is 5.39. The van der Waals surface area contributed by atoms with E-state index >= 15 is 0 Å². The van der Waals surface area contributed by atoms with Crippen LogP contribution < -0.4 is 5.32 Å². The smallest absolute Gasteiger partial charge is 0.223 e. The Morgan fingerprint density at radius 1 is 1.04 bits per heavy atom. The van der Waals surface area contributed by atoms with Crippen LogP contribution in [0.15, 0.2) is 53.0 Å². The van der Waals surface area contributed by atoms with Crippen LogP contribution >= 0.6 is 15.9 Å². The van der Waals surface area contributed by atoms with E-state index in [0.717, 1.165) is 42.5 Å². The lowest BCUT2D eigenvalue weighted by Crippen LogP contribution is -2.40. The Morgan fingerprint density at radius 2 is 1.64 bits per heavy atom. The monoisotopic (exact) mass is 400 g/mol. The van der Waals surface area contributed by atoms with E-state index in [1.165, 1.54) is 11.1 Å². The predicted octanol–water partition coefficient (Wildman–Crippen LogP) is 4.29. The van der Waals surface area contributed by atoms with Crippen LogP contribution in [0.1, 0.15) is 29.5 Å². The van der Waals surface area contributed by atoms with Crippen molar-refractivity contribution in [3.63, 3.8) is 0 Å². The van der Waals surface area contributed by atoms with Crippen LogP contribution in [0.4, 0.5) is 0 Å². The average molecular weight is 401 g/mol. The van der Waals surface area contributed by atoms with Gasteiger partial charge in [0, 0.05) is 23.5 Å². The fourth-order valence-electron chi connectivity index (χ4n) is 3.24. The van der Waals surface area contributed by atoms with E-state index in [4.69, 9.17) is 0 Å². The molecule has 0 unspecified atom stereocenters. The third kappa shape index (κ3) is 5.41. The Morgan fingerprint density at radius 3 is 2.28 bits per heavy atom. The Labute approximate surface area is 158 Å². The minimum Gasteiger partial charge on any atom is -0.352 e. The number of carbonyl (C=O) groups is 1. The van der Waals surface area contributed by atoms with Gasteiger partial charge in [0.2, 0.25) is 5.91 Å². The molecule has 1 amide bonds. The van der Waals surface area contributed by atoms with E-state index in [1.807, 2.05) is 0 Å². The van der Waals surface area contributed by atoms with E-state index in [0.29, 0.717) is 6.54 Å². The molecule has 1 N–H and O–H groups in total. The van der Waals surface area contributed by atoms with Crippen LogP contribution in [0.2, 0.25) is 0 Å². The van der Waals surface area contributed by atoms with Gasteiger partial charge in [-0.05, 0) is 56.1 Å². The van der Waals surface area contributed by atoms with Crippen molar-refractivity contribution in [2.45, 2.75) is 32.9 Å². The van der Waals surface area contributed by atoms with Crippen molar-refractivity contribution >= 4 is 21.8 Å². The maximum absolute atomic E-state index is 12.4. The Kier molecular flexibility index (Phi) is 6.27. The number of piperidine rings is 1. The van der Waals surface area contributed by atoms with Crippen LogP contribution in [0, 0.1) is 12.8 Å². The van der Waals surface area contributed by atoms with Crippen molar-refractivity contribution in [3.8, 4) is 0 Å². The number of aryl methyl sites for hydroxylation is 1. The molecular formula is C21H25BrN2O. The van der Waals surface area contributed by atoms with Crippen LogP contribution in [0.25, 0.3) is 0 Å². The standard InChI is InChI=1S/C21H25BrN2O/c1-16-2-4-17(5-3-16)14-23-21(25)19-10-12-24(13-11-19)15-18-6-8-20(22)9-7-18/h2-9,19H,10-15H2,1H3,(H,23,25). The first-order valence-corrected chi connectivity index (χ1v) is 9.69. The zero-order chi connectivity index (χ0) is 17.6. The lowest BCUT2D eigenvalue weighted by molar-refractivity contribution is -0.126. The Hall–Kier alpha value is -1.65. The highest BCUT2D eigenvalue weighted by Gasteiger charge is 2.24. The average Bonchev–Trinajstić information content (AvgIpc) is 2.63. The summed E-state index contributed by atoms with van der Waals surface area (Å²) in [6.07, 6.45) is 1.88. The number of halogens is 1. The molecular weight excluding hydrogens is 376 g/mol. The molecule has 2 aromatic rings. The van der Waals surface area contributed by atoms with Crippen molar-refractivity contribution in [2.24, 2.45) is 5.92 Å². The van der Waals surface area contributed by atoms with E-state index in [1.54, 1.807) is 0 Å². The van der Waals surface area contributed by atoms with Crippen LogP contribution in [0.3, 0.4) is 0 Å². The van der Waals surface area contributed by atoms with Crippen LogP contribution in [-0.2, 0) is 17.9 Å². The number of benzene rings is 2. The molecule has 1 saturated heterocycles. The van der Waals surface area contributed by atoms with Gasteiger partial charge in [-0.1, -0.05) is 57.9 Å². The van der Waals surface area contributed by atoms with Crippen molar-refractivity contribution in [1.82, 2.24) is 10.2 Å². The first-order valence-electron chi connectivity index (χ1n) is 8.90. The molecule has 2 aromatic carbocycles. The Balaban J connectivity index is 1.42.